The lowest BCUT2D eigenvalue weighted by atomic mass is 10.1. The zero-order chi connectivity index (χ0) is 20.9. The molecular weight excluding hydrogens is 412 g/mol. The highest BCUT2D eigenvalue weighted by Crippen LogP contribution is 2.24. The zero-order valence-electron chi connectivity index (χ0n) is 15.8. The largest absolute Gasteiger partial charge is 0.322 e. The molecule has 0 aliphatic heterocycles. The summed E-state index contributed by atoms with van der Waals surface area (Å²) in [4.78, 5) is 12.8. The van der Waals surface area contributed by atoms with Gasteiger partial charge in [-0.1, -0.05) is 43.1 Å². The van der Waals surface area contributed by atoms with E-state index in [2.05, 4.69) is 20.2 Å². The average molecular weight is 433 g/mol. The Kier molecular flexibility index (Phi) is 6.68. The van der Waals surface area contributed by atoms with Gasteiger partial charge in [-0.25, -0.2) is 13.1 Å². The number of hydrogen-bond donors (Lipinski definition) is 3. The molecule has 3 rings (SSSR count). The van der Waals surface area contributed by atoms with Gasteiger partial charge in [0.25, 0.3) is 5.91 Å². The number of benzene rings is 2. The number of nitrogens with one attached hydrogen (secondary N) is 3. The van der Waals surface area contributed by atoms with E-state index in [0.29, 0.717) is 28.5 Å². The van der Waals surface area contributed by atoms with E-state index < -0.39 is 15.9 Å². The van der Waals surface area contributed by atoms with Crippen molar-refractivity contribution in [2.24, 2.45) is 0 Å². The summed E-state index contributed by atoms with van der Waals surface area (Å²) in [5.41, 5.74) is 2.01. The topological polar surface area (TPSA) is 104 Å². The molecule has 1 aromatic heterocycles. The fourth-order valence-electron chi connectivity index (χ4n) is 2.70. The standard InChI is InChI=1S/C20H21ClN4O3S/c1-2-3-11-23-29(27,28)17-6-4-5-16(12-17)24-20(26)18-13-22-25-19(18)14-7-9-15(21)10-8-14/h4-10,12-13,23H,2-3,11H2,1H3,(H,22,25)(H,24,26). The van der Waals surface area contributed by atoms with Crippen LogP contribution in [0.3, 0.4) is 0 Å². The van der Waals surface area contributed by atoms with Crippen LogP contribution in [-0.2, 0) is 10.0 Å². The SMILES string of the molecule is CCCCNS(=O)(=O)c1cccc(NC(=O)c2cn[nH]c2-c2ccc(Cl)cc2)c1. The number of rotatable bonds is 8. The molecule has 29 heavy (non-hydrogen) atoms. The van der Waals surface area contributed by atoms with E-state index in [4.69, 9.17) is 11.6 Å². The first kappa shape index (κ1) is 21.0. The van der Waals surface area contributed by atoms with Gasteiger partial charge in [-0.05, 0) is 36.8 Å². The van der Waals surface area contributed by atoms with Crippen molar-refractivity contribution in [1.82, 2.24) is 14.9 Å². The second-order valence-electron chi connectivity index (χ2n) is 6.40. The molecule has 0 atom stereocenters. The van der Waals surface area contributed by atoms with E-state index in [1.807, 2.05) is 6.92 Å². The Morgan fingerprint density at radius 2 is 1.93 bits per heavy atom. The van der Waals surface area contributed by atoms with Crippen LogP contribution in [0.15, 0.2) is 59.6 Å². The van der Waals surface area contributed by atoms with Crippen molar-refractivity contribution in [3.05, 3.63) is 65.3 Å². The maximum absolute atomic E-state index is 12.7. The number of hydrogen-bond acceptors (Lipinski definition) is 4. The smallest absolute Gasteiger partial charge is 0.259 e. The minimum absolute atomic E-state index is 0.0940. The number of nitrogens with zero attached hydrogens (tertiary/aromatic N) is 1. The zero-order valence-corrected chi connectivity index (χ0v) is 17.3. The number of amides is 1. The van der Waals surface area contributed by atoms with Crippen LogP contribution >= 0.6 is 11.6 Å². The van der Waals surface area contributed by atoms with Crippen LogP contribution in [0.1, 0.15) is 30.1 Å². The fraction of sp³-hybridized carbons (Fsp3) is 0.200. The molecule has 0 unspecified atom stereocenters. The van der Waals surface area contributed by atoms with Gasteiger partial charge in [0.05, 0.1) is 22.3 Å². The van der Waals surface area contributed by atoms with Crippen LogP contribution in [0.4, 0.5) is 5.69 Å². The van der Waals surface area contributed by atoms with Gasteiger partial charge in [-0.15, -0.1) is 0 Å². The van der Waals surface area contributed by atoms with Crippen molar-refractivity contribution in [3.63, 3.8) is 0 Å². The normalized spacial score (nSPS) is 11.4. The van der Waals surface area contributed by atoms with Crippen LogP contribution in [0.2, 0.25) is 5.02 Å². The molecule has 0 aliphatic rings. The van der Waals surface area contributed by atoms with E-state index in [0.717, 1.165) is 18.4 Å². The Labute approximate surface area is 174 Å². The van der Waals surface area contributed by atoms with Crippen LogP contribution in [0.5, 0.6) is 0 Å². The van der Waals surface area contributed by atoms with Gasteiger partial charge in [0.15, 0.2) is 0 Å². The van der Waals surface area contributed by atoms with Crippen LogP contribution in [0.25, 0.3) is 11.3 Å². The van der Waals surface area contributed by atoms with Crippen molar-refractivity contribution >= 4 is 33.2 Å². The number of H-pyrrole nitrogens is 1. The third kappa shape index (κ3) is 5.23. The second-order valence-corrected chi connectivity index (χ2v) is 8.60. The van der Waals surface area contributed by atoms with E-state index in [9.17, 15) is 13.2 Å². The predicted molar refractivity (Wildman–Crippen MR) is 114 cm³/mol. The van der Waals surface area contributed by atoms with E-state index in [-0.39, 0.29) is 4.90 Å². The summed E-state index contributed by atoms with van der Waals surface area (Å²) in [6.07, 6.45) is 3.06. The Bertz CT molecular complexity index is 1090. The van der Waals surface area contributed by atoms with Crippen molar-refractivity contribution in [2.45, 2.75) is 24.7 Å². The summed E-state index contributed by atoms with van der Waals surface area (Å²) in [6, 6.07) is 13.1. The lowest BCUT2D eigenvalue weighted by Crippen LogP contribution is -2.24. The number of anilines is 1. The maximum Gasteiger partial charge on any atom is 0.259 e. The molecule has 9 heteroatoms. The number of aromatic nitrogens is 2. The van der Waals surface area contributed by atoms with Gasteiger partial charge in [0.1, 0.15) is 0 Å². The van der Waals surface area contributed by atoms with Crippen LogP contribution in [-0.4, -0.2) is 31.1 Å². The van der Waals surface area contributed by atoms with Gasteiger partial charge in [-0.3, -0.25) is 9.89 Å². The van der Waals surface area contributed by atoms with Crippen molar-refractivity contribution in [2.75, 3.05) is 11.9 Å². The lowest BCUT2D eigenvalue weighted by molar-refractivity contribution is 0.102. The van der Waals surface area contributed by atoms with Gasteiger partial charge < -0.3 is 5.32 Å². The molecule has 0 saturated heterocycles. The Balaban J connectivity index is 1.79. The summed E-state index contributed by atoms with van der Waals surface area (Å²) in [5, 5.41) is 10.1. The minimum atomic E-state index is -3.63. The molecule has 7 nitrogen and oxygen atoms in total. The summed E-state index contributed by atoms with van der Waals surface area (Å²) < 4.78 is 27.3. The Hall–Kier alpha value is -2.68. The summed E-state index contributed by atoms with van der Waals surface area (Å²) >= 11 is 5.91. The highest BCUT2D eigenvalue weighted by molar-refractivity contribution is 7.89. The number of carbonyl (C=O) groups excluding carboxylic acids is 1. The number of halogens is 1. The Morgan fingerprint density at radius 1 is 1.17 bits per heavy atom. The quantitative estimate of drug-likeness (QED) is 0.467. The lowest BCUT2D eigenvalue weighted by Gasteiger charge is -2.09. The van der Waals surface area contributed by atoms with Crippen molar-refractivity contribution in [3.8, 4) is 11.3 Å². The first-order valence-electron chi connectivity index (χ1n) is 9.11. The molecular formula is C20H21ClN4O3S. The maximum atomic E-state index is 12.7. The van der Waals surface area contributed by atoms with Gasteiger partial charge >= 0.3 is 0 Å². The van der Waals surface area contributed by atoms with Crippen LogP contribution in [0, 0.1) is 0 Å². The van der Waals surface area contributed by atoms with Crippen LogP contribution < -0.4 is 10.0 Å². The molecule has 0 fully saturated rings. The second kappa shape index (κ2) is 9.21. The van der Waals surface area contributed by atoms with Crippen molar-refractivity contribution in [1.29, 1.82) is 0 Å². The molecule has 1 heterocycles. The molecule has 0 saturated carbocycles. The third-order valence-corrected chi connectivity index (χ3v) is 5.95. The molecule has 1 amide bonds. The predicted octanol–water partition coefficient (Wildman–Crippen LogP) is 4.06. The molecule has 0 bridgehead atoms. The molecule has 3 N–H and O–H groups in total. The molecule has 2 aromatic carbocycles. The minimum Gasteiger partial charge on any atom is -0.322 e. The molecule has 152 valence electrons. The molecule has 0 radical (unpaired) electrons. The van der Waals surface area contributed by atoms with Crippen molar-refractivity contribution < 1.29 is 13.2 Å². The summed E-state index contributed by atoms with van der Waals surface area (Å²) in [6.45, 7) is 2.35. The monoisotopic (exact) mass is 432 g/mol. The van der Waals surface area contributed by atoms with Gasteiger partial charge in [-0.2, -0.15) is 5.10 Å². The van der Waals surface area contributed by atoms with E-state index in [1.165, 1.54) is 18.3 Å². The molecule has 0 spiro atoms. The number of sulfonamides is 1. The number of carbonyl (C=O) groups is 1. The summed E-state index contributed by atoms with van der Waals surface area (Å²) in [5.74, 6) is -0.405. The highest BCUT2D eigenvalue weighted by Gasteiger charge is 2.17. The van der Waals surface area contributed by atoms with Gasteiger partial charge in [0, 0.05) is 22.8 Å². The number of aromatic amines is 1. The number of unbranched alkanes of at least 4 members (excludes halogenated alkanes) is 1. The molecule has 0 aliphatic carbocycles. The summed E-state index contributed by atoms with van der Waals surface area (Å²) in [7, 11) is -3.63. The fourth-order valence-corrected chi connectivity index (χ4v) is 3.95. The van der Waals surface area contributed by atoms with Gasteiger partial charge in [0.2, 0.25) is 10.0 Å². The Morgan fingerprint density at radius 3 is 2.66 bits per heavy atom. The van der Waals surface area contributed by atoms with E-state index >= 15 is 0 Å². The van der Waals surface area contributed by atoms with E-state index in [1.54, 1.807) is 36.4 Å². The first-order valence-corrected chi connectivity index (χ1v) is 11.0. The first-order chi connectivity index (χ1) is 13.9. The molecule has 3 aromatic rings. The highest BCUT2D eigenvalue weighted by atomic mass is 35.5. The third-order valence-electron chi connectivity index (χ3n) is 4.24. The average Bonchev–Trinajstić information content (AvgIpc) is 3.19.